The van der Waals surface area contributed by atoms with Crippen LogP contribution < -0.4 is 20.3 Å². The van der Waals surface area contributed by atoms with Crippen LogP contribution in [0.25, 0.3) is 0 Å². The SMILES string of the molecule is CCCOC(=O)c1ccc(NC(=O)c2cccc(NC3=C(Cl)C(=O)N(c4ccc(OC)cc4)C3=O)c2)cc1. The molecule has 0 radical (unpaired) electrons. The van der Waals surface area contributed by atoms with Crippen molar-refractivity contribution < 1.29 is 28.7 Å². The van der Waals surface area contributed by atoms with Crippen LogP contribution in [-0.2, 0) is 14.3 Å². The second-order valence-corrected chi connectivity index (χ2v) is 8.58. The normalized spacial score (nSPS) is 13.0. The molecule has 0 saturated heterocycles. The number of imide groups is 1. The number of hydrogen-bond acceptors (Lipinski definition) is 7. The van der Waals surface area contributed by atoms with Crippen molar-refractivity contribution in [2.45, 2.75) is 13.3 Å². The Bertz CT molecular complexity index is 1420. The first kappa shape index (κ1) is 26.4. The molecule has 3 aromatic rings. The summed E-state index contributed by atoms with van der Waals surface area (Å²) < 4.78 is 10.2. The van der Waals surface area contributed by atoms with Gasteiger partial charge in [0.25, 0.3) is 17.7 Å². The van der Waals surface area contributed by atoms with Crippen LogP contribution in [0.15, 0.2) is 83.5 Å². The molecule has 0 atom stereocenters. The lowest BCUT2D eigenvalue weighted by molar-refractivity contribution is -0.120. The molecular weight excluding hydrogens is 510 g/mol. The van der Waals surface area contributed by atoms with Crippen LogP contribution in [-0.4, -0.2) is 37.4 Å². The third-order valence-electron chi connectivity index (χ3n) is 5.57. The Hall–Kier alpha value is -4.63. The zero-order chi connectivity index (χ0) is 27.2. The van der Waals surface area contributed by atoms with E-state index < -0.39 is 23.7 Å². The molecule has 0 aromatic heterocycles. The van der Waals surface area contributed by atoms with Gasteiger partial charge in [0.2, 0.25) is 0 Å². The van der Waals surface area contributed by atoms with E-state index in [0.29, 0.717) is 40.5 Å². The fourth-order valence-electron chi connectivity index (χ4n) is 3.63. The highest BCUT2D eigenvalue weighted by molar-refractivity contribution is 6.53. The Morgan fingerprint density at radius 2 is 1.61 bits per heavy atom. The van der Waals surface area contributed by atoms with Crippen LogP contribution in [0.2, 0.25) is 0 Å². The topological polar surface area (TPSA) is 114 Å². The van der Waals surface area contributed by atoms with E-state index >= 15 is 0 Å². The van der Waals surface area contributed by atoms with Crippen molar-refractivity contribution in [3.05, 3.63) is 94.7 Å². The van der Waals surface area contributed by atoms with Gasteiger partial charge in [-0.2, -0.15) is 0 Å². The smallest absolute Gasteiger partial charge is 0.338 e. The average molecular weight is 534 g/mol. The standard InChI is InChI=1S/C28H24ClN3O6/c1-3-15-38-28(36)17-7-9-19(10-8-17)31-25(33)18-5-4-6-20(16-18)30-24-23(29)26(34)32(27(24)35)21-11-13-22(37-2)14-12-21/h4-14,16,30H,3,15H2,1-2H3,(H,31,33). The summed E-state index contributed by atoms with van der Waals surface area (Å²) >= 11 is 6.22. The number of anilines is 3. The zero-order valence-corrected chi connectivity index (χ0v) is 21.4. The Morgan fingerprint density at radius 3 is 2.26 bits per heavy atom. The lowest BCUT2D eigenvalue weighted by Crippen LogP contribution is -2.32. The van der Waals surface area contributed by atoms with Crippen LogP contribution in [0.4, 0.5) is 17.1 Å². The number of carbonyl (C=O) groups is 4. The van der Waals surface area contributed by atoms with Crippen LogP contribution >= 0.6 is 11.6 Å². The number of nitrogens with one attached hydrogen (secondary N) is 2. The van der Waals surface area contributed by atoms with Gasteiger partial charge in [0.15, 0.2) is 0 Å². The summed E-state index contributed by atoms with van der Waals surface area (Å²) in [5.41, 5.74) is 1.79. The molecule has 0 unspecified atom stereocenters. The minimum Gasteiger partial charge on any atom is -0.497 e. The number of nitrogens with zero attached hydrogens (tertiary/aromatic N) is 1. The molecule has 1 aliphatic heterocycles. The summed E-state index contributed by atoms with van der Waals surface area (Å²) in [7, 11) is 1.51. The van der Waals surface area contributed by atoms with E-state index in [1.807, 2.05) is 6.92 Å². The maximum atomic E-state index is 13.0. The highest BCUT2D eigenvalue weighted by Crippen LogP contribution is 2.31. The van der Waals surface area contributed by atoms with Gasteiger partial charge in [-0.05, 0) is 73.2 Å². The molecule has 4 rings (SSSR count). The maximum absolute atomic E-state index is 13.0. The average Bonchev–Trinajstić information content (AvgIpc) is 3.15. The number of ether oxygens (including phenoxy) is 2. The number of amides is 3. The molecule has 0 spiro atoms. The first-order valence-electron chi connectivity index (χ1n) is 11.7. The fraction of sp³-hybridized carbons (Fsp3) is 0.143. The number of hydrogen-bond donors (Lipinski definition) is 2. The van der Waals surface area contributed by atoms with Crippen molar-refractivity contribution in [1.82, 2.24) is 0 Å². The number of methoxy groups -OCH3 is 1. The molecule has 2 N–H and O–H groups in total. The quantitative estimate of drug-likeness (QED) is 0.295. The van der Waals surface area contributed by atoms with Gasteiger partial charge in [0.1, 0.15) is 16.5 Å². The highest BCUT2D eigenvalue weighted by Gasteiger charge is 2.39. The monoisotopic (exact) mass is 533 g/mol. The predicted molar refractivity (Wildman–Crippen MR) is 143 cm³/mol. The summed E-state index contributed by atoms with van der Waals surface area (Å²) in [6.07, 6.45) is 0.725. The van der Waals surface area contributed by atoms with E-state index in [1.54, 1.807) is 66.7 Å². The van der Waals surface area contributed by atoms with Crippen LogP contribution in [0.3, 0.4) is 0 Å². The largest absolute Gasteiger partial charge is 0.497 e. The number of benzene rings is 3. The number of rotatable bonds is 9. The maximum Gasteiger partial charge on any atom is 0.338 e. The van der Waals surface area contributed by atoms with Crippen molar-refractivity contribution in [3.63, 3.8) is 0 Å². The molecule has 3 aromatic carbocycles. The van der Waals surface area contributed by atoms with Gasteiger partial charge in [-0.25, -0.2) is 9.69 Å². The Balaban J connectivity index is 1.45. The van der Waals surface area contributed by atoms with Gasteiger partial charge >= 0.3 is 5.97 Å². The molecule has 9 nitrogen and oxygen atoms in total. The summed E-state index contributed by atoms with van der Waals surface area (Å²) in [5.74, 6) is -1.56. The van der Waals surface area contributed by atoms with Crippen molar-refractivity contribution >= 4 is 52.4 Å². The first-order valence-corrected chi connectivity index (χ1v) is 12.1. The Kier molecular flexibility index (Phi) is 8.08. The third kappa shape index (κ3) is 5.68. The van der Waals surface area contributed by atoms with Gasteiger partial charge in [-0.3, -0.25) is 14.4 Å². The lowest BCUT2D eigenvalue weighted by atomic mass is 10.1. The summed E-state index contributed by atoms with van der Waals surface area (Å²) in [6.45, 7) is 2.24. The summed E-state index contributed by atoms with van der Waals surface area (Å²) in [4.78, 5) is 51.5. The molecule has 1 aliphatic rings. The van der Waals surface area contributed by atoms with Gasteiger partial charge in [-0.1, -0.05) is 24.6 Å². The molecule has 10 heteroatoms. The minimum absolute atomic E-state index is 0.101. The summed E-state index contributed by atoms with van der Waals surface area (Å²) in [6, 6.07) is 19.1. The zero-order valence-electron chi connectivity index (χ0n) is 20.6. The van der Waals surface area contributed by atoms with E-state index in [2.05, 4.69) is 10.6 Å². The molecule has 38 heavy (non-hydrogen) atoms. The molecule has 0 aliphatic carbocycles. The number of halogens is 1. The van der Waals surface area contributed by atoms with Crippen molar-refractivity contribution in [3.8, 4) is 5.75 Å². The van der Waals surface area contributed by atoms with Crippen molar-refractivity contribution in [1.29, 1.82) is 0 Å². The third-order valence-corrected chi connectivity index (χ3v) is 5.92. The van der Waals surface area contributed by atoms with Crippen molar-refractivity contribution in [2.75, 3.05) is 29.3 Å². The number of esters is 1. The van der Waals surface area contributed by atoms with Crippen LogP contribution in [0.1, 0.15) is 34.1 Å². The van der Waals surface area contributed by atoms with Gasteiger partial charge in [0, 0.05) is 16.9 Å². The Morgan fingerprint density at radius 1 is 0.895 bits per heavy atom. The highest BCUT2D eigenvalue weighted by atomic mass is 35.5. The molecule has 0 saturated carbocycles. The van der Waals surface area contributed by atoms with E-state index in [0.717, 1.165) is 11.3 Å². The van der Waals surface area contributed by atoms with E-state index in [4.69, 9.17) is 21.1 Å². The van der Waals surface area contributed by atoms with Crippen LogP contribution in [0.5, 0.6) is 5.75 Å². The molecule has 0 fully saturated rings. The van der Waals surface area contributed by atoms with Crippen LogP contribution in [0, 0.1) is 0 Å². The second kappa shape index (κ2) is 11.6. The molecule has 3 amide bonds. The van der Waals surface area contributed by atoms with E-state index in [9.17, 15) is 19.2 Å². The molecule has 0 bridgehead atoms. The minimum atomic E-state index is -0.666. The Labute approximate surface area is 224 Å². The first-order chi connectivity index (χ1) is 18.3. The molecular formula is C28H24ClN3O6. The van der Waals surface area contributed by atoms with Gasteiger partial charge in [-0.15, -0.1) is 0 Å². The van der Waals surface area contributed by atoms with Gasteiger partial charge in [0.05, 0.1) is 25.0 Å². The van der Waals surface area contributed by atoms with Gasteiger partial charge < -0.3 is 20.1 Å². The second-order valence-electron chi connectivity index (χ2n) is 8.21. The van der Waals surface area contributed by atoms with E-state index in [1.165, 1.54) is 13.2 Å². The summed E-state index contributed by atoms with van der Waals surface area (Å²) in [5, 5.41) is 5.36. The molecule has 1 heterocycles. The predicted octanol–water partition coefficient (Wildman–Crippen LogP) is 4.95. The van der Waals surface area contributed by atoms with E-state index in [-0.39, 0.29) is 10.7 Å². The van der Waals surface area contributed by atoms with Crippen molar-refractivity contribution in [2.24, 2.45) is 0 Å². The fourth-order valence-corrected chi connectivity index (χ4v) is 3.84. The molecule has 194 valence electrons. The lowest BCUT2D eigenvalue weighted by Gasteiger charge is -2.15. The number of carbonyl (C=O) groups excluding carboxylic acids is 4.